The molecule has 0 fully saturated rings. The van der Waals surface area contributed by atoms with Crippen molar-refractivity contribution in [3.8, 4) is 17.2 Å². The Labute approximate surface area is 170 Å². The highest BCUT2D eigenvalue weighted by molar-refractivity contribution is 5.95. The van der Waals surface area contributed by atoms with Crippen molar-refractivity contribution >= 4 is 5.91 Å². The number of benzene rings is 3. The molecule has 5 nitrogen and oxygen atoms in total. The molecule has 1 amide bonds. The summed E-state index contributed by atoms with van der Waals surface area (Å²) in [5.41, 5.74) is 2.78. The van der Waals surface area contributed by atoms with Crippen molar-refractivity contribution in [1.82, 2.24) is 5.32 Å². The Bertz CT molecular complexity index is 916. The van der Waals surface area contributed by atoms with Crippen molar-refractivity contribution in [2.45, 2.75) is 5.92 Å². The number of carbonyl (C=O) groups excluding carboxylic acids is 1. The molecule has 0 aliphatic carbocycles. The fourth-order valence-corrected chi connectivity index (χ4v) is 3.50. The van der Waals surface area contributed by atoms with Gasteiger partial charge in [-0.05, 0) is 23.3 Å². The van der Waals surface area contributed by atoms with Crippen molar-refractivity contribution in [1.29, 1.82) is 0 Å². The molecule has 148 valence electrons. The second kappa shape index (κ2) is 8.69. The minimum absolute atomic E-state index is 0.0560. The summed E-state index contributed by atoms with van der Waals surface area (Å²) >= 11 is 0. The lowest BCUT2D eigenvalue weighted by Crippen LogP contribution is -2.29. The van der Waals surface area contributed by atoms with Crippen LogP contribution in [0.4, 0.5) is 0 Å². The maximum Gasteiger partial charge on any atom is 0.251 e. The van der Waals surface area contributed by atoms with Crippen molar-refractivity contribution in [3.05, 3.63) is 89.5 Å². The first-order valence-corrected chi connectivity index (χ1v) is 9.62. The molecule has 0 saturated carbocycles. The van der Waals surface area contributed by atoms with Gasteiger partial charge < -0.3 is 19.5 Å². The van der Waals surface area contributed by atoms with Crippen LogP contribution in [0.1, 0.15) is 27.4 Å². The minimum Gasteiger partial charge on any atom is -0.493 e. The van der Waals surface area contributed by atoms with Crippen LogP contribution in [0.5, 0.6) is 17.2 Å². The number of methoxy groups -OCH3 is 1. The molecule has 3 aromatic carbocycles. The van der Waals surface area contributed by atoms with Gasteiger partial charge in [-0.15, -0.1) is 0 Å². The third kappa shape index (κ3) is 4.19. The molecule has 0 unspecified atom stereocenters. The molecule has 5 heteroatoms. The summed E-state index contributed by atoms with van der Waals surface area (Å²) in [5, 5.41) is 3.06. The Morgan fingerprint density at radius 3 is 2.21 bits per heavy atom. The zero-order chi connectivity index (χ0) is 20.1. The van der Waals surface area contributed by atoms with E-state index in [1.807, 2.05) is 36.4 Å². The zero-order valence-corrected chi connectivity index (χ0v) is 16.3. The topological polar surface area (TPSA) is 56.8 Å². The summed E-state index contributed by atoms with van der Waals surface area (Å²) < 4.78 is 16.6. The standard InChI is InChI=1S/C24H23NO4/c1-27-21-14-19(15-22-23(21)29-13-12-28-22)24(26)25-16-20(17-8-4-2-5-9-17)18-10-6-3-7-11-18/h2-11,14-15,20H,12-13,16H2,1H3,(H,25,26). The second-order valence-corrected chi connectivity index (χ2v) is 6.79. The van der Waals surface area contributed by atoms with Crippen molar-refractivity contribution in [2.75, 3.05) is 26.9 Å². The lowest BCUT2D eigenvalue weighted by Gasteiger charge is -2.22. The third-order valence-electron chi connectivity index (χ3n) is 4.96. The molecule has 4 rings (SSSR count). The van der Waals surface area contributed by atoms with Crippen LogP contribution in [0, 0.1) is 0 Å². The Kier molecular flexibility index (Phi) is 5.66. The molecule has 0 saturated heterocycles. The van der Waals surface area contributed by atoms with Gasteiger partial charge in [-0.1, -0.05) is 60.7 Å². The lowest BCUT2D eigenvalue weighted by atomic mass is 9.91. The Balaban J connectivity index is 1.56. The fraction of sp³-hybridized carbons (Fsp3) is 0.208. The molecule has 3 aromatic rings. The highest BCUT2D eigenvalue weighted by atomic mass is 16.6. The first kappa shape index (κ1) is 18.9. The van der Waals surface area contributed by atoms with E-state index >= 15 is 0 Å². The molecular formula is C24H23NO4. The molecule has 0 atom stereocenters. The fourth-order valence-electron chi connectivity index (χ4n) is 3.50. The molecule has 0 aromatic heterocycles. The largest absolute Gasteiger partial charge is 0.493 e. The molecule has 1 heterocycles. The quantitative estimate of drug-likeness (QED) is 0.692. The van der Waals surface area contributed by atoms with Crippen LogP contribution >= 0.6 is 0 Å². The normalized spacial score (nSPS) is 12.5. The Morgan fingerprint density at radius 2 is 1.59 bits per heavy atom. The maximum atomic E-state index is 12.9. The van der Waals surface area contributed by atoms with Gasteiger partial charge in [-0.2, -0.15) is 0 Å². The number of carbonyl (C=O) groups is 1. The third-order valence-corrected chi connectivity index (χ3v) is 4.96. The van der Waals surface area contributed by atoms with Crippen LogP contribution in [0.25, 0.3) is 0 Å². The SMILES string of the molecule is COc1cc(C(=O)NCC(c2ccccc2)c2ccccc2)cc2c1OCCO2. The van der Waals surface area contributed by atoms with E-state index in [2.05, 4.69) is 29.6 Å². The summed E-state index contributed by atoms with van der Waals surface area (Å²) in [6, 6.07) is 23.7. The smallest absolute Gasteiger partial charge is 0.251 e. The number of nitrogens with one attached hydrogen (secondary N) is 1. The summed E-state index contributed by atoms with van der Waals surface area (Å²) in [5.74, 6) is 1.44. The molecular weight excluding hydrogens is 366 g/mol. The molecule has 1 aliphatic rings. The average Bonchev–Trinajstić information content (AvgIpc) is 2.79. The number of ether oxygens (including phenoxy) is 3. The van der Waals surface area contributed by atoms with Gasteiger partial charge in [0.2, 0.25) is 5.75 Å². The summed E-state index contributed by atoms with van der Waals surface area (Å²) in [6.45, 7) is 1.39. The number of hydrogen-bond acceptors (Lipinski definition) is 4. The predicted octanol–water partition coefficient (Wildman–Crippen LogP) is 4.03. The molecule has 1 aliphatic heterocycles. The minimum atomic E-state index is -0.183. The van der Waals surface area contributed by atoms with Crippen LogP contribution in [-0.4, -0.2) is 32.8 Å². The number of amides is 1. The summed E-state index contributed by atoms with van der Waals surface area (Å²) in [6.07, 6.45) is 0. The van der Waals surface area contributed by atoms with Crippen molar-refractivity contribution in [2.24, 2.45) is 0 Å². The van der Waals surface area contributed by atoms with Crippen molar-refractivity contribution < 1.29 is 19.0 Å². The first-order valence-electron chi connectivity index (χ1n) is 9.62. The molecule has 0 bridgehead atoms. The van der Waals surface area contributed by atoms with Gasteiger partial charge in [-0.25, -0.2) is 0 Å². The van der Waals surface area contributed by atoms with Crippen molar-refractivity contribution in [3.63, 3.8) is 0 Å². The van der Waals surface area contributed by atoms with Gasteiger partial charge in [0.25, 0.3) is 5.91 Å². The van der Waals surface area contributed by atoms with Gasteiger partial charge in [0.1, 0.15) is 13.2 Å². The van der Waals surface area contributed by atoms with Crippen LogP contribution in [0.2, 0.25) is 0 Å². The van der Waals surface area contributed by atoms with E-state index < -0.39 is 0 Å². The van der Waals surface area contributed by atoms with Gasteiger partial charge in [0, 0.05) is 18.0 Å². The van der Waals surface area contributed by atoms with Crippen LogP contribution < -0.4 is 19.5 Å². The van der Waals surface area contributed by atoms with E-state index in [9.17, 15) is 4.79 Å². The molecule has 1 N–H and O–H groups in total. The zero-order valence-electron chi connectivity index (χ0n) is 16.3. The van der Waals surface area contributed by atoms with Crippen LogP contribution in [0.3, 0.4) is 0 Å². The van der Waals surface area contributed by atoms with E-state index in [0.29, 0.717) is 42.6 Å². The summed E-state index contributed by atoms with van der Waals surface area (Å²) in [7, 11) is 1.55. The Morgan fingerprint density at radius 1 is 0.966 bits per heavy atom. The molecule has 0 spiro atoms. The Hall–Kier alpha value is -3.47. The predicted molar refractivity (Wildman–Crippen MR) is 111 cm³/mol. The van der Waals surface area contributed by atoms with E-state index in [4.69, 9.17) is 14.2 Å². The van der Waals surface area contributed by atoms with Gasteiger partial charge in [-0.3, -0.25) is 4.79 Å². The van der Waals surface area contributed by atoms with E-state index in [-0.39, 0.29) is 11.8 Å². The van der Waals surface area contributed by atoms with Gasteiger partial charge in [0.15, 0.2) is 11.5 Å². The first-order chi connectivity index (χ1) is 14.3. The lowest BCUT2D eigenvalue weighted by molar-refractivity contribution is 0.0950. The van der Waals surface area contributed by atoms with E-state index in [0.717, 1.165) is 11.1 Å². The maximum absolute atomic E-state index is 12.9. The number of rotatable bonds is 6. The van der Waals surface area contributed by atoms with Crippen LogP contribution in [0.15, 0.2) is 72.8 Å². The summed E-state index contributed by atoms with van der Waals surface area (Å²) in [4.78, 5) is 12.9. The van der Waals surface area contributed by atoms with E-state index in [1.54, 1.807) is 19.2 Å². The number of fused-ring (bicyclic) bond motifs is 1. The molecule has 29 heavy (non-hydrogen) atoms. The monoisotopic (exact) mass is 389 g/mol. The highest BCUT2D eigenvalue weighted by Gasteiger charge is 2.22. The van der Waals surface area contributed by atoms with Gasteiger partial charge >= 0.3 is 0 Å². The average molecular weight is 389 g/mol. The molecule has 0 radical (unpaired) electrons. The van der Waals surface area contributed by atoms with Crippen LogP contribution in [-0.2, 0) is 0 Å². The number of hydrogen-bond donors (Lipinski definition) is 1. The second-order valence-electron chi connectivity index (χ2n) is 6.79. The highest BCUT2D eigenvalue weighted by Crippen LogP contribution is 2.40. The van der Waals surface area contributed by atoms with Gasteiger partial charge in [0.05, 0.1) is 7.11 Å². The van der Waals surface area contributed by atoms with E-state index in [1.165, 1.54) is 0 Å².